The molecule has 3 rings (SSSR count). The van der Waals surface area contributed by atoms with Crippen LogP contribution in [0, 0.1) is 0 Å². The van der Waals surface area contributed by atoms with Crippen LogP contribution in [0.5, 0.6) is 0 Å². The maximum absolute atomic E-state index is 5.92. The van der Waals surface area contributed by atoms with E-state index in [9.17, 15) is 0 Å². The van der Waals surface area contributed by atoms with Crippen molar-refractivity contribution >= 4 is 35.8 Å². The van der Waals surface area contributed by atoms with Gasteiger partial charge in [-0.3, -0.25) is 0 Å². The Morgan fingerprint density at radius 1 is 1.28 bits per heavy atom. The molecule has 0 amide bonds. The first-order chi connectivity index (χ1) is 8.22. The highest BCUT2D eigenvalue weighted by molar-refractivity contribution is 7.99. The number of piperidine rings is 1. The molecule has 0 saturated carbocycles. The highest BCUT2D eigenvalue weighted by atomic mass is 35.5. The van der Waals surface area contributed by atoms with Gasteiger partial charge in [0.2, 0.25) is 0 Å². The molecule has 0 radical (unpaired) electrons. The Balaban J connectivity index is 0.00000120. The Labute approximate surface area is 124 Å². The van der Waals surface area contributed by atoms with Gasteiger partial charge in [0, 0.05) is 17.3 Å². The van der Waals surface area contributed by atoms with E-state index in [2.05, 4.69) is 23.0 Å². The molecule has 0 N–H and O–H groups in total. The molecule has 1 aromatic rings. The molecule has 0 aliphatic carbocycles. The number of halogens is 2. The number of fused-ring (bicyclic) bond motifs is 2. The topological polar surface area (TPSA) is 16.1 Å². The van der Waals surface area contributed by atoms with E-state index >= 15 is 0 Å². The first kappa shape index (κ1) is 14.4. The number of hydrogen-bond donors (Lipinski definition) is 0. The number of rotatable bonds is 2. The molecule has 3 heterocycles. The summed E-state index contributed by atoms with van der Waals surface area (Å²) in [5.74, 6) is 0. The summed E-state index contributed by atoms with van der Waals surface area (Å²) in [6.45, 7) is 0. The van der Waals surface area contributed by atoms with Crippen LogP contribution in [0.4, 0.5) is 0 Å². The molecule has 2 saturated heterocycles. The van der Waals surface area contributed by atoms with Crippen LogP contribution in [0.2, 0.25) is 5.15 Å². The minimum atomic E-state index is 0. The summed E-state index contributed by atoms with van der Waals surface area (Å²) < 4.78 is 0. The van der Waals surface area contributed by atoms with Crippen molar-refractivity contribution in [1.29, 1.82) is 0 Å². The Morgan fingerprint density at radius 3 is 2.56 bits per heavy atom. The standard InChI is InChI=1S/C13H17ClN2S.ClH/c1-16-9-5-6-10(16)8-11(7-9)17-13-4-2-3-12(14)15-13;/h2-4,9-11H,5-8H2,1H3;1H. The van der Waals surface area contributed by atoms with Gasteiger partial charge in [-0.15, -0.1) is 24.2 Å². The third-order valence-corrected chi connectivity index (χ3v) is 5.43. The molecule has 2 bridgehead atoms. The van der Waals surface area contributed by atoms with Crippen molar-refractivity contribution in [3.05, 3.63) is 23.4 Å². The largest absolute Gasteiger partial charge is 0.300 e. The lowest BCUT2D eigenvalue weighted by molar-refractivity contribution is 0.183. The molecule has 1 aromatic heterocycles. The normalized spacial score (nSPS) is 31.1. The lowest BCUT2D eigenvalue weighted by Gasteiger charge is -2.35. The molecule has 2 nitrogen and oxygen atoms in total. The fourth-order valence-electron chi connectivity index (χ4n) is 3.08. The second-order valence-electron chi connectivity index (χ2n) is 5.06. The maximum atomic E-state index is 5.92. The van der Waals surface area contributed by atoms with Crippen molar-refractivity contribution in [2.75, 3.05) is 7.05 Å². The Bertz CT molecular complexity index is 402. The molecular formula is C13H18Cl2N2S. The van der Waals surface area contributed by atoms with Gasteiger partial charge in [0.15, 0.2) is 0 Å². The minimum absolute atomic E-state index is 0. The smallest absolute Gasteiger partial charge is 0.130 e. The number of pyridine rings is 1. The Morgan fingerprint density at radius 2 is 1.94 bits per heavy atom. The number of aromatic nitrogens is 1. The first-order valence-corrected chi connectivity index (χ1v) is 7.49. The summed E-state index contributed by atoms with van der Waals surface area (Å²) >= 11 is 7.83. The summed E-state index contributed by atoms with van der Waals surface area (Å²) in [4.78, 5) is 6.94. The maximum Gasteiger partial charge on any atom is 0.130 e. The van der Waals surface area contributed by atoms with E-state index in [1.165, 1.54) is 25.7 Å². The average Bonchev–Trinajstić information content (AvgIpc) is 2.52. The fourth-order valence-corrected chi connectivity index (χ4v) is 4.58. The first-order valence-electron chi connectivity index (χ1n) is 6.23. The Kier molecular flexibility index (Phi) is 4.81. The summed E-state index contributed by atoms with van der Waals surface area (Å²) in [6.07, 6.45) is 5.35. The van der Waals surface area contributed by atoms with Crippen molar-refractivity contribution in [1.82, 2.24) is 9.88 Å². The molecule has 2 unspecified atom stereocenters. The van der Waals surface area contributed by atoms with Gasteiger partial charge < -0.3 is 4.90 Å². The zero-order valence-corrected chi connectivity index (χ0v) is 12.8. The lowest BCUT2D eigenvalue weighted by atomic mass is 10.0. The second-order valence-corrected chi connectivity index (χ2v) is 6.77. The van der Waals surface area contributed by atoms with E-state index in [0.717, 1.165) is 22.4 Å². The lowest BCUT2D eigenvalue weighted by Crippen LogP contribution is -2.40. The van der Waals surface area contributed by atoms with Crippen molar-refractivity contribution in [3.8, 4) is 0 Å². The van der Waals surface area contributed by atoms with Crippen molar-refractivity contribution in [2.45, 2.75) is 48.0 Å². The van der Waals surface area contributed by atoms with Crippen molar-refractivity contribution in [3.63, 3.8) is 0 Å². The van der Waals surface area contributed by atoms with Gasteiger partial charge in [-0.25, -0.2) is 4.98 Å². The van der Waals surface area contributed by atoms with Gasteiger partial charge in [-0.2, -0.15) is 0 Å². The van der Waals surface area contributed by atoms with Crippen LogP contribution in [-0.4, -0.2) is 34.3 Å². The van der Waals surface area contributed by atoms with Crippen molar-refractivity contribution < 1.29 is 0 Å². The van der Waals surface area contributed by atoms with E-state index in [1.807, 2.05) is 23.9 Å². The highest BCUT2D eigenvalue weighted by Gasteiger charge is 2.38. The van der Waals surface area contributed by atoms with Crippen LogP contribution >= 0.6 is 35.8 Å². The zero-order chi connectivity index (χ0) is 11.8. The predicted octanol–water partition coefficient (Wildman–Crippen LogP) is 3.87. The molecule has 0 aromatic carbocycles. The molecule has 2 fully saturated rings. The Hall–Kier alpha value is 0.0400. The van der Waals surface area contributed by atoms with E-state index in [4.69, 9.17) is 11.6 Å². The monoisotopic (exact) mass is 304 g/mol. The molecular weight excluding hydrogens is 287 g/mol. The van der Waals surface area contributed by atoms with E-state index in [-0.39, 0.29) is 12.4 Å². The SMILES string of the molecule is CN1C2CCC1CC(Sc1cccc(Cl)n1)C2.Cl. The quantitative estimate of drug-likeness (QED) is 0.772. The molecule has 0 spiro atoms. The van der Waals surface area contributed by atoms with Crippen LogP contribution in [0.3, 0.4) is 0 Å². The van der Waals surface area contributed by atoms with Gasteiger partial charge in [-0.05, 0) is 44.9 Å². The van der Waals surface area contributed by atoms with Crippen LogP contribution in [-0.2, 0) is 0 Å². The van der Waals surface area contributed by atoms with Crippen molar-refractivity contribution in [2.24, 2.45) is 0 Å². The summed E-state index contributed by atoms with van der Waals surface area (Å²) in [5.41, 5.74) is 0. The average molecular weight is 305 g/mol. The number of nitrogens with zero attached hydrogens (tertiary/aromatic N) is 2. The van der Waals surface area contributed by atoms with E-state index in [0.29, 0.717) is 5.15 Å². The van der Waals surface area contributed by atoms with Crippen LogP contribution in [0.15, 0.2) is 23.2 Å². The molecule has 2 atom stereocenters. The molecule has 2 aliphatic rings. The van der Waals surface area contributed by atoms with Gasteiger partial charge in [0.25, 0.3) is 0 Å². The summed E-state index contributed by atoms with van der Waals surface area (Å²) in [6, 6.07) is 7.48. The third-order valence-electron chi connectivity index (χ3n) is 4.03. The third kappa shape index (κ3) is 2.96. The molecule has 18 heavy (non-hydrogen) atoms. The zero-order valence-electron chi connectivity index (χ0n) is 10.4. The number of thioether (sulfide) groups is 1. The fraction of sp³-hybridized carbons (Fsp3) is 0.615. The summed E-state index contributed by atoms with van der Waals surface area (Å²) in [5, 5.41) is 2.40. The van der Waals surface area contributed by atoms with E-state index in [1.54, 1.807) is 0 Å². The highest BCUT2D eigenvalue weighted by Crippen LogP contribution is 2.40. The van der Waals surface area contributed by atoms with Gasteiger partial charge in [0.05, 0.1) is 5.03 Å². The van der Waals surface area contributed by atoms with Gasteiger partial charge >= 0.3 is 0 Å². The number of hydrogen-bond acceptors (Lipinski definition) is 3. The molecule has 2 aliphatic heterocycles. The van der Waals surface area contributed by atoms with Gasteiger partial charge in [0.1, 0.15) is 5.15 Å². The predicted molar refractivity (Wildman–Crippen MR) is 79.9 cm³/mol. The summed E-state index contributed by atoms with van der Waals surface area (Å²) in [7, 11) is 2.28. The second kappa shape index (κ2) is 6.00. The van der Waals surface area contributed by atoms with Gasteiger partial charge in [-0.1, -0.05) is 17.7 Å². The van der Waals surface area contributed by atoms with E-state index < -0.39 is 0 Å². The van der Waals surface area contributed by atoms with Crippen LogP contribution in [0.25, 0.3) is 0 Å². The molecule has 5 heteroatoms. The molecule has 100 valence electrons. The van der Waals surface area contributed by atoms with Crippen LogP contribution in [0.1, 0.15) is 25.7 Å². The minimum Gasteiger partial charge on any atom is -0.300 e. The van der Waals surface area contributed by atoms with Crippen LogP contribution < -0.4 is 0 Å².